The van der Waals surface area contributed by atoms with Crippen molar-refractivity contribution in [3.05, 3.63) is 209 Å². The fourth-order valence-electron chi connectivity index (χ4n) is 8.87. The highest BCUT2D eigenvalue weighted by Crippen LogP contribution is 2.63. The number of para-hydroxylation sites is 1. The van der Waals surface area contributed by atoms with Crippen LogP contribution in [0, 0.1) is 22.7 Å². The second kappa shape index (κ2) is 12.0. The predicted octanol–water partition coefficient (Wildman–Crippen LogP) is 9.11. The van der Waals surface area contributed by atoms with E-state index in [0.717, 1.165) is 22.3 Å². The van der Waals surface area contributed by atoms with Crippen molar-refractivity contribution in [2.75, 3.05) is 0 Å². The molecule has 2 aliphatic carbocycles. The van der Waals surface area contributed by atoms with Crippen molar-refractivity contribution in [2.24, 2.45) is 4.99 Å². The molecule has 0 saturated heterocycles. The molecule has 0 amide bonds. The number of aliphatic imine (C=N–C) groups is 1. The van der Waals surface area contributed by atoms with Crippen LogP contribution in [0.25, 0.3) is 28.0 Å². The third-order valence-electron chi connectivity index (χ3n) is 11.1. The molecule has 0 bridgehead atoms. The number of nitriles is 2. The zero-order valence-corrected chi connectivity index (χ0v) is 29.8. The Balaban J connectivity index is 1.23. The summed E-state index contributed by atoms with van der Waals surface area (Å²) >= 11 is 0. The van der Waals surface area contributed by atoms with Crippen LogP contribution in [0.1, 0.15) is 33.4 Å². The molecule has 7 aromatic carbocycles. The molecule has 1 atom stereocenters. The van der Waals surface area contributed by atoms with Crippen LogP contribution in [0.3, 0.4) is 0 Å². The summed E-state index contributed by atoms with van der Waals surface area (Å²) in [5, 5.41) is 24.8. The molecule has 1 unspecified atom stereocenters. The lowest BCUT2D eigenvalue weighted by Crippen LogP contribution is -2.29. The first kappa shape index (κ1) is 31.7. The molecule has 1 N–H and O–H groups in total. The zero-order chi connectivity index (χ0) is 36.4. The van der Waals surface area contributed by atoms with E-state index >= 15 is 4.57 Å². The summed E-state index contributed by atoms with van der Waals surface area (Å²) in [5.41, 5.74) is 11.3. The first-order valence-corrected chi connectivity index (χ1v) is 19.5. The van der Waals surface area contributed by atoms with Gasteiger partial charge in [0.15, 0.2) is 12.7 Å². The summed E-state index contributed by atoms with van der Waals surface area (Å²) in [6.07, 6.45) is 0. The van der Waals surface area contributed by atoms with Gasteiger partial charge in [0.2, 0.25) is 0 Å². The molecule has 3 aliphatic rings. The molecule has 0 saturated carbocycles. The topological polar surface area (TPSA) is 89.0 Å². The van der Waals surface area contributed by atoms with Gasteiger partial charge in [-0.05, 0) is 62.7 Å². The average Bonchev–Trinajstić information content (AvgIpc) is 3.85. The largest absolute Gasteiger partial charge is 0.338 e. The quantitative estimate of drug-likeness (QED) is 0.146. The zero-order valence-electron chi connectivity index (χ0n) is 28.9. The number of hydrogen-bond donors (Lipinski definition) is 1. The van der Waals surface area contributed by atoms with E-state index in [-0.39, 0.29) is 5.57 Å². The molecular weight excluding hydrogens is 680 g/mol. The van der Waals surface area contributed by atoms with Gasteiger partial charge in [-0.15, -0.1) is 0 Å². The van der Waals surface area contributed by atoms with E-state index in [9.17, 15) is 10.5 Å². The lowest BCUT2D eigenvalue weighted by Gasteiger charge is -2.31. The second-order valence-electron chi connectivity index (χ2n) is 13.7. The van der Waals surface area contributed by atoms with Crippen molar-refractivity contribution in [2.45, 2.75) is 5.41 Å². The van der Waals surface area contributed by atoms with Crippen LogP contribution in [-0.2, 0) is 9.98 Å². The van der Waals surface area contributed by atoms with Crippen molar-refractivity contribution < 1.29 is 4.57 Å². The lowest BCUT2D eigenvalue weighted by atomic mass is 9.70. The van der Waals surface area contributed by atoms with E-state index in [1.165, 1.54) is 33.4 Å². The minimum Gasteiger partial charge on any atom is -0.338 e. The maximum atomic E-state index is 16.5. The Morgan fingerprint density at radius 3 is 1.63 bits per heavy atom. The van der Waals surface area contributed by atoms with Crippen molar-refractivity contribution in [3.63, 3.8) is 0 Å². The number of fused-ring (bicyclic) bond motifs is 11. The molecule has 10 rings (SSSR count). The Morgan fingerprint density at radius 1 is 0.519 bits per heavy atom. The van der Waals surface area contributed by atoms with Gasteiger partial charge in [-0.25, -0.2) is 4.99 Å². The second-order valence-corrected chi connectivity index (χ2v) is 16.4. The highest BCUT2D eigenvalue weighted by atomic mass is 31.2. The Morgan fingerprint density at radius 2 is 1.02 bits per heavy atom. The van der Waals surface area contributed by atoms with E-state index in [1.54, 1.807) is 0 Å². The molecule has 1 heterocycles. The van der Waals surface area contributed by atoms with Crippen molar-refractivity contribution >= 4 is 40.3 Å². The molecule has 252 valence electrons. The van der Waals surface area contributed by atoms with Crippen LogP contribution < -0.4 is 21.2 Å². The summed E-state index contributed by atoms with van der Waals surface area (Å²) in [6.45, 7) is 0. The maximum Gasteiger partial charge on any atom is 0.173 e. The normalized spacial score (nSPS) is 15.5. The number of allylic oxidation sites excluding steroid dienone is 1. The van der Waals surface area contributed by atoms with Crippen molar-refractivity contribution in [1.29, 1.82) is 10.5 Å². The number of nitrogens with one attached hydrogen (secondary N) is 1. The minimum atomic E-state index is -3.61. The molecule has 1 aliphatic heterocycles. The molecule has 54 heavy (non-hydrogen) atoms. The fourth-order valence-corrected chi connectivity index (χ4v) is 11.7. The predicted molar refractivity (Wildman–Crippen MR) is 216 cm³/mol. The van der Waals surface area contributed by atoms with E-state index in [0.29, 0.717) is 33.1 Å². The van der Waals surface area contributed by atoms with Crippen LogP contribution in [0.2, 0.25) is 0 Å². The van der Waals surface area contributed by atoms with Gasteiger partial charge in [-0.1, -0.05) is 152 Å². The summed E-state index contributed by atoms with van der Waals surface area (Å²) < 4.78 is 16.5. The van der Waals surface area contributed by atoms with Crippen LogP contribution in [-0.4, -0.2) is 5.84 Å². The third-order valence-corrected chi connectivity index (χ3v) is 14.2. The first-order valence-electron chi connectivity index (χ1n) is 17.8. The van der Waals surface area contributed by atoms with Crippen LogP contribution >= 0.6 is 7.14 Å². The monoisotopic (exact) mass is 708 g/mol. The highest BCUT2D eigenvalue weighted by molar-refractivity contribution is 7.85. The molecule has 0 aromatic heterocycles. The Labute approximate surface area is 313 Å². The summed E-state index contributed by atoms with van der Waals surface area (Å²) in [5.74, 6) is 0.484. The molecule has 0 radical (unpaired) electrons. The van der Waals surface area contributed by atoms with Crippen LogP contribution in [0.4, 0.5) is 5.69 Å². The van der Waals surface area contributed by atoms with E-state index in [2.05, 4.69) is 90.2 Å². The SMILES string of the molecule is N#CC(C#N)=C1N/C(=N\c2ccccc2P(=O)(c2ccccc2)c2ccc3c(c2)C2(c4ccccc4-c4ccccc42)c2ccccc2-3)c2ccccc21. The smallest absolute Gasteiger partial charge is 0.173 e. The molecular formula is C48H29N4OP. The highest BCUT2D eigenvalue weighted by Gasteiger charge is 2.52. The van der Waals surface area contributed by atoms with Gasteiger partial charge >= 0.3 is 0 Å². The lowest BCUT2D eigenvalue weighted by molar-refractivity contribution is 0.592. The molecule has 0 fully saturated rings. The first-order chi connectivity index (χ1) is 26.6. The van der Waals surface area contributed by atoms with Crippen LogP contribution in [0.15, 0.2) is 180 Å². The maximum absolute atomic E-state index is 16.5. The van der Waals surface area contributed by atoms with Gasteiger partial charge in [0.25, 0.3) is 0 Å². The molecule has 1 spiro atoms. The van der Waals surface area contributed by atoms with E-state index in [4.69, 9.17) is 4.99 Å². The number of hydrogen-bond acceptors (Lipinski definition) is 4. The summed E-state index contributed by atoms with van der Waals surface area (Å²) in [7, 11) is -3.61. The standard InChI is InChI=1S/C48H29N4OP/c49-29-31(30-50)46-38-19-4-5-20-39(38)47(52-46)51-44-24-12-13-25-45(44)54(53,32-14-2-1-3-15-32)33-26-27-37-36-18-8-11-23-42(36)48(43(37)28-33)40-21-9-6-16-34(40)35-17-7-10-22-41(35)48/h1-28H,(H,51,52). The Bertz CT molecular complexity index is 2850. The van der Waals surface area contributed by atoms with Gasteiger partial charge in [0, 0.05) is 27.0 Å². The Kier molecular flexibility index (Phi) is 7.04. The average molecular weight is 709 g/mol. The fraction of sp³-hybridized carbons (Fsp3) is 0.0208. The number of nitrogens with zero attached hydrogens (tertiary/aromatic N) is 3. The number of rotatable bonds is 4. The van der Waals surface area contributed by atoms with Crippen molar-refractivity contribution in [3.8, 4) is 34.4 Å². The van der Waals surface area contributed by atoms with Gasteiger partial charge < -0.3 is 9.88 Å². The van der Waals surface area contributed by atoms with E-state index in [1.807, 2.05) is 97.1 Å². The van der Waals surface area contributed by atoms with Gasteiger partial charge in [-0.2, -0.15) is 10.5 Å². The molecule has 5 nitrogen and oxygen atoms in total. The van der Waals surface area contributed by atoms with E-state index < -0.39 is 12.6 Å². The van der Waals surface area contributed by atoms with Gasteiger partial charge in [0.05, 0.1) is 16.8 Å². The van der Waals surface area contributed by atoms with Crippen molar-refractivity contribution in [1.82, 2.24) is 5.32 Å². The minimum absolute atomic E-state index is 0.0287. The molecule has 6 heteroatoms. The van der Waals surface area contributed by atoms with Gasteiger partial charge in [-0.3, -0.25) is 0 Å². The summed E-state index contributed by atoms with van der Waals surface area (Å²) in [6, 6.07) is 61.3. The van der Waals surface area contributed by atoms with Crippen LogP contribution in [0.5, 0.6) is 0 Å². The van der Waals surface area contributed by atoms with Gasteiger partial charge in [0.1, 0.15) is 18.0 Å². The summed E-state index contributed by atoms with van der Waals surface area (Å²) in [4.78, 5) is 5.13. The number of benzene rings is 7. The Hall–Kier alpha value is -7.04. The number of amidine groups is 1. The molecule has 7 aromatic rings. The third kappa shape index (κ3) is 4.25.